The second-order valence-corrected chi connectivity index (χ2v) is 4.61. The molecule has 10 heteroatoms. The van der Waals surface area contributed by atoms with Crippen LogP contribution in [-0.2, 0) is 12.4 Å². The molecule has 0 heterocycles. The van der Waals surface area contributed by atoms with E-state index in [0.717, 1.165) is 7.11 Å². The number of hydrogen-bond donors (Lipinski definition) is 2. The Morgan fingerprint density at radius 2 is 1.70 bits per heavy atom. The first-order chi connectivity index (χ1) is 10.0. The Hall–Kier alpha value is -1.19. The maximum Gasteiger partial charge on any atom is 0.416 e. The summed E-state index contributed by atoms with van der Waals surface area (Å²) in [6.07, 6.45) is -9.87. The van der Waals surface area contributed by atoms with Crippen LogP contribution in [0.5, 0.6) is 5.75 Å². The molecule has 0 spiro atoms. The average molecular weight is 368 g/mol. The van der Waals surface area contributed by atoms with E-state index in [1.807, 2.05) is 0 Å². The molecule has 3 nitrogen and oxygen atoms in total. The van der Waals surface area contributed by atoms with Crippen LogP contribution in [0.25, 0.3) is 0 Å². The van der Waals surface area contributed by atoms with Gasteiger partial charge in [0.25, 0.3) is 0 Å². The molecule has 0 aromatic heterocycles. The van der Waals surface area contributed by atoms with Gasteiger partial charge in [0.1, 0.15) is 5.75 Å². The molecule has 0 amide bonds. The predicted octanol–water partition coefficient (Wildman–Crippen LogP) is 3.93. The van der Waals surface area contributed by atoms with Gasteiger partial charge in [0.05, 0.1) is 18.2 Å². The van der Waals surface area contributed by atoms with Gasteiger partial charge in [-0.1, -0.05) is 0 Å². The zero-order valence-corrected chi connectivity index (χ0v) is 12.8. The largest absolute Gasteiger partial charge is 0.496 e. The summed E-state index contributed by atoms with van der Waals surface area (Å²) in [5.41, 5.74) is 2.15. The van der Waals surface area contributed by atoms with Crippen LogP contribution in [0.15, 0.2) is 12.1 Å². The van der Waals surface area contributed by atoms with Crippen LogP contribution in [0.1, 0.15) is 35.6 Å². The third kappa shape index (κ3) is 5.43. The highest BCUT2D eigenvalue weighted by molar-refractivity contribution is 5.85. The van der Waals surface area contributed by atoms with Crippen molar-refractivity contribution in [1.29, 1.82) is 0 Å². The van der Waals surface area contributed by atoms with Gasteiger partial charge in [-0.2, -0.15) is 26.3 Å². The summed E-state index contributed by atoms with van der Waals surface area (Å²) in [5.74, 6) is -0.576. The number of alkyl halides is 6. The lowest BCUT2D eigenvalue weighted by molar-refractivity contribution is -0.143. The van der Waals surface area contributed by atoms with Crippen LogP contribution < -0.4 is 10.5 Å². The standard InChI is InChI=1S/C13H15F6NO2.ClH/c1-22-10-6-7(12(14,15)16)5-8(13(17,18)19)11(10)9(20)3-2-4-21;/h5-6,9,21H,2-4,20H2,1H3;1H/t9-;/m1./s1. The predicted molar refractivity (Wildman–Crippen MR) is 73.5 cm³/mol. The third-order valence-electron chi connectivity index (χ3n) is 3.04. The van der Waals surface area contributed by atoms with Gasteiger partial charge >= 0.3 is 12.4 Å². The molecule has 0 aliphatic heterocycles. The summed E-state index contributed by atoms with van der Waals surface area (Å²) in [5, 5.41) is 8.71. The fourth-order valence-electron chi connectivity index (χ4n) is 2.03. The smallest absolute Gasteiger partial charge is 0.416 e. The maximum absolute atomic E-state index is 13.1. The molecule has 1 rings (SSSR count). The van der Waals surface area contributed by atoms with Crippen molar-refractivity contribution in [2.45, 2.75) is 31.2 Å². The lowest BCUT2D eigenvalue weighted by Gasteiger charge is -2.23. The maximum atomic E-state index is 13.1. The summed E-state index contributed by atoms with van der Waals surface area (Å²) in [6.45, 7) is -0.294. The average Bonchev–Trinajstić information content (AvgIpc) is 2.41. The number of aliphatic hydroxyl groups excluding tert-OH is 1. The minimum Gasteiger partial charge on any atom is -0.496 e. The van der Waals surface area contributed by atoms with Crippen molar-refractivity contribution in [1.82, 2.24) is 0 Å². The molecule has 0 unspecified atom stereocenters. The van der Waals surface area contributed by atoms with E-state index in [-0.39, 0.29) is 37.9 Å². The number of nitrogens with two attached hydrogens (primary N) is 1. The van der Waals surface area contributed by atoms with Crippen molar-refractivity contribution in [3.05, 3.63) is 28.8 Å². The first-order valence-corrected chi connectivity index (χ1v) is 6.25. The van der Waals surface area contributed by atoms with Gasteiger partial charge in [-0.25, -0.2) is 0 Å². The molecular weight excluding hydrogens is 352 g/mol. The molecule has 1 aromatic rings. The van der Waals surface area contributed by atoms with E-state index in [9.17, 15) is 26.3 Å². The van der Waals surface area contributed by atoms with E-state index in [4.69, 9.17) is 10.8 Å². The zero-order valence-electron chi connectivity index (χ0n) is 12.0. The minimum absolute atomic E-state index is 0. The fourth-order valence-corrected chi connectivity index (χ4v) is 2.03. The second-order valence-electron chi connectivity index (χ2n) is 4.61. The van der Waals surface area contributed by atoms with Crippen LogP contribution in [-0.4, -0.2) is 18.8 Å². The zero-order chi connectivity index (χ0) is 17.1. The van der Waals surface area contributed by atoms with E-state index in [0.29, 0.717) is 6.07 Å². The molecule has 0 aliphatic carbocycles. The summed E-state index contributed by atoms with van der Waals surface area (Å²) >= 11 is 0. The molecule has 3 N–H and O–H groups in total. The molecule has 0 fully saturated rings. The topological polar surface area (TPSA) is 55.5 Å². The van der Waals surface area contributed by atoms with Gasteiger partial charge in [-0.3, -0.25) is 0 Å². The van der Waals surface area contributed by atoms with Crippen molar-refractivity contribution in [3.8, 4) is 5.75 Å². The molecule has 0 bridgehead atoms. The Morgan fingerprint density at radius 3 is 2.09 bits per heavy atom. The van der Waals surface area contributed by atoms with Gasteiger partial charge in [-0.15, -0.1) is 12.4 Å². The SMILES string of the molecule is COc1cc(C(F)(F)F)cc(C(F)(F)F)c1[C@H](N)CCCO.Cl. The number of halogens is 7. The highest BCUT2D eigenvalue weighted by Gasteiger charge is 2.40. The van der Waals surface area contributed by atoms with Crippen LogP contribution in [0.2, 0.25) is 0 Å². The molecule has 0 aliphatic rings. The quantitative estimate of drug-likeness (QED) is 0.775. The van der Waals surface area contributed by atoms with E-state index in [2.05, 4.69) is 4.74 Å². The number of ether oxygens (including phenoxy) is 1. The number of rotatable bonds is 5. The Kier molecular flexibility index (Phi) is 7.65. The molecule has 0 radical (unpaired) electrons. The lowest BCUT2D eigenvalue weighted by atomic mass is 9.93. The molecule has 0 saturated heterocycles. The van der Waals surface area contributed by atoms with Gasteiger partial charge in [0, 0.05) is 18.2 Å². The molecule has 134 valence electrons. The van der Waals surface area contributed by atoms with Gasteiger partial charge in [-0.05, 0) is 25.0 Å². The number of aliphatic hydroxyl groups is 1. The number of hydrogen-bond acceptors (Lipinski definition) is 3. The van der Waals surface area contributed by atoms with Crippen molar-refractivity contribution in [2.24, 2.45) is 5.73 Å². The van der Waals surface area contributed by atoms with Crippen molar-refractivity contribution < 1.29 is 36.2 Å². The normalized spacial score (nSPS) is 13.4. The summed E-state index contributed by atoms with van der Waals surface area (Å²) in [6, 6.07) is -0.693. The van der Waals surface area contributed by atoms with Crippen LogP contribution in [0.4, 0.5) is 26.3 Å². The molecule has 1 atom stereocenters. The Bertz CT molecular complexity index is 518. The first kappa shape index (κ1) is 21.8. The fraction of sp³-hybridized carbons (Fsp3) is 0.538. The summed E-state index contributed by atoms with van der Waals surface area (Å²) < 4.78 is 82.1. The lowest BCUT2D eigenvalue weighted by Crippen LogP contribution is -2.21. The van der Waals surface area contributed by atoms with Gasteiger partial charge in [0.2, 0.25) is 0 Å². The highest BCUT2D eigenvalue weighted by atomic mass is 35.5. The first-order valence-electron chi connectivity index (χ1n) is 6.25. The van der Waals surface area contributed by atoms with Gasteiger partial charge < -0.3 is 15.6 Å². The summed E-state index contributed by atoms with van der Waals surface area (Å²) in [7, 11) is 0.970. The Labute approximate surface area is 134 Å². The third-order valence-corrected chi connectivity index (χ3v) is 3.04. The highest BCUT2D eigenvalue weighted by Crippen LogP contribution is 2.43. The van der Waals surface area contributed by atoms with Crippen LogP contribution >= 0.6 is 12.4 Å². The number of benzene rings is 1. The van der Waals surface area contributed by atoms with E-state index in [1.54, 1.807) is 0 Å². The van der Waals surface area contributed by atoms with Crippen LogP contribution in [0.3, 0.4) is 0 Å². The number of methoxy groups -OCH3 is 1. The Balaban J connectivity index is 0.00000484. The molecule has 23 heavy (non-hydrogen) atoms. The van der Waals surface area contributed by atoms with Crippen molar-refractivity contribution >= 4 is 12.4 Å². The molecular formula is C13H16ClF6NO2. The Morgan fingerprint density at radius 1 is 1.13 bits per heavy atom. The summed E-state index contributed by atoms with van der Waals surface area (Å²) in [4.78, 5) is 0. The van der Waals surface area contributed by atoms with E-state index >= 15 is 0 Å². The van der Waals surface area contributed by atoms with E-state index in [1.165, 1.54) is 0 Å². The molecule has 1 aromatic carbocycles. The van der Waals surface area contributed by atoms with Crippen molar-refractivity contribution in [3.63, 3.8) is 0 Å². The molecule has 0 saturated carbocycles. The van der Waals surface area contributed by atoms with Crippen molar-refractivity contribution in [2.75, 3.05) is 13.7 Å². The van der Waals surface area contributed by atoms with E-state index < -0.39 is 40.8 Å². The van der Waals surface area contributed by atoms with Crippen LogP contribution in [0, 0.1) is 0 Å². The minimum atomic E-state index is -5.01. The van der Waals surface area contributed by atoms with Gasteiger partial charge in [0.15, 0.2) is 0 Å². The monoisotopic (exact) mass is 367 g/mol. The second kappa shape index (κ2) is 8.07.